The van der Waals surface area contributed by atoms with Crippen LogP contribution in [0.5, 0.6) is 11.5 Å². The zero-order chi connectivity index (χ0) is 31.5. The first-order chi connectivity index (χ1) is 19.4. The Morgan fingerprint density at radius 3 is 1.52 bits per heavy atom. The highest BCUT2D eigenvalue weighted by Gasteiger charge is 2.39. The predicted octanol–water partition coefficient (Wildman–Crippen LogP) is 9.79. The Labute approximate surface area is 267 Å². The highest BCUT2D eigenvalue weighted by atomic mass is 28.4. The smallest absolute Gasteiger partial charge is 0.356 e. The van der Waals surface area contributed by atoms with Crippen LogP contribution in [-0.4, -0.2) is 44.8 Å². The Bertz CT molecular complexity index is 1560. The molecular weight excluding hydrogens is 585 g/mol. The second-order valence-electron chi connectivity index (χ2n) is 13.6. The number of hydrogen-bond acceptors (Lipinski definition) is 7. The molecule has 9 heteroatoms. The van der Waals surface area contributed by atoms with Crippen LogP contribution >= 0.6 is 0 Å². The molecule has 2 aromatic heterocycles. The number of carbonyl (C=O) groups excluding carboxylic acids is 1. The summed E-state index contributed by atoms with van der Waals surface area (Å²) in [6.07, 6.45) is 0. The molecule has 0 aliphatic rings. The van der Waals surface area contributed by atoms with Crippen molar-refractivity contribution >= 4 is 44.4 Å². The third-order valence-electron chi connectivity index (χ3n) is 8.30. The summed E-state index contributed by atoms with van der Waals surface area (Å²) in [6.45, 7) is 22.1. The standard InChI is InChI=1S/C17H23NO3Si.C16H23NO2Si.2CH4/c1-17(2,3)22(5,6)21-13-9-7-12-8-10-14(16(19)20-4)18-15(12)11-13;1-16(2,3)20(4,5)19-14-9-7-12-6-8-13(11-18)17-15(12)10-14;;/h7-11H,1-6H3;6-10,18H,11H2,1-5H3;2*1H4. The van der Waals surface area contributed by atoms with Crippen LogP contribution in [0.25, 0.3) is 21.8 Å². The number of benzene rings is 2. The fourth-order valence-corrected chi connectivity index (χ4v) is 5.61. The zero-order valence-electron chi connectivity index (χ0n) is 27.0. The number of hydrogen-bond donors (Lipinski definition) is 1. The normalized spacial score (nSPS) is 11.9. The minimum atomic E-state index is -1.89. The summed E-state index contributed by atoms with van der Waals surface area (Å²) < 4.78 is 17.3. The number of fused-ring (bicyclic) bond motifs is 2. The molecule has 44 heavy (non-hydrogen) atoms. The first kappa shape index (κ1) is 38.7. The molecule has 0 aliphatic carbocycles. The third kappa shape index (κ3) is 9.36. The summed E-state index contributed by atoms with van der Waals surface area (Å²) in [6, 6.07) is 19.2. The molecule has 0 unspecified atom stereocenters. The van der Waals surface area contributed by atoms with Crippen molar-refractivity contribution in [2.45, 2.75) is 99.3 Å². The van der Waals surface area contributed by atoms with Gasteiger partial charge >= 0.3 is 5.97 Å². The summed E-state index contributed by atoms with van der Waals surface area (Å²) in [5, 5.41) is 11.5. The number of aliphatic hydroxyl groups is 1. The lowest BCUT2D eigenvalue weighted by atomic mass is 10.2. The van der Waals surface area contributed by atoms with E-state index in [1.807, 2.05) is 54.6 Å². The highest BCUT2D eigenvalue weighted by Crippen LogP contribution is 2.39. The van der Waals surface area contributed by atoms with Crippen LogP contribution in [0.1, 0.15) is 72.6 Å². The van der Waals surface area contributed by atoms with E-state index < -0.39 is 22.6 Å². The van der Waals surface area contributed by atoms with Crippen molar-refractivity contribution in [1.82, 2.24) is 9.97 Å². The molecule has 0 bridgehead atoms. The first-order valence-electron chi connectivity index (χ1n) is 14.2. The van der Waals surface area contributed by atoms with Crippen LogP contribution in [0.4, 0.5) is 0 Å². The molecule has 0 saturated carbocycles. The molecule has 4 aromatic rings. The molecule has 0 aliphatic heterocycles. The molecular formula is C35H54N2O5Si2. The van der Waals surface area contributed by atoms with E-state index in [0.29, 0.717) is 11.4 Å². The summed E-state index contributed by atoms with van der Waals surface area (Å²) in [5.41, 5.74) is 2.59. The van der Waals surface area contributed by atoms with Gasteiger partial charge in [0.25, 0.3) is 0 Å². The molecule has 0 amide bonds. The number of nitrogens with zero attached hydrogens (tertiary/aromatic N) is 2. The van der Waals surface area contributed by atoms with E-state index >= 15 is 0 Å². The summed E-state index contributed by atoms with van der Waals surface area (Å²) in [5.74, 6) is 1.23. The Kier molecular flexibility index (Phi) is 12.9. The summed E-state index contributed by atoms with van der Waals surface area (Å²) >= 11 is 0. The number of methoxy groups -OCH3 is 1. The van der Waals surface area contributed by atoms with Gasteiger partial charge in [-0.25, -0.2) is 9.78 Å². The van der Waals surface area contributed by atoms with Crippen molar-refractivity contribution in [3.05, 3.63) is 72.1 Å². The molecule has 4 rings (SSSR count). The van der Waals surface area contributed by atoms with Gasteiger partial charge in [0.2, 0.25) is 16.6 Å². The average Bonchev–Trinajstić information content (AvgIpc) is 2.90. The van der Waals surface area contributed by atoms with Crippen LogP contribution < -0.4 is 8.85 Å². The second-order valence-corrected chi connectivity index (χ2v) is 23.0. The van der Waals surface area contributed by atoms with Gasteiger partial charge in [-0.1, -0.05) is 68.5 Å². The fraction of sp³-hybridized carbons (Fsp3) is 0.457. The number of aromatic nitrogens is 2. The van der Waals surface area contributed by atoms with Crippen LogP contribution in [-0.2, 0) is 11.3 Å². The van der Waals surface area contributed by atoms with E-state index in [0.717, 1.165) is 33.3 Å². The third-order valence-corrected chi connectivity index (χ3v) is 17.0. The number of aliphatic hydroxyl groups excluding tert-OH is 1. The van der Waals surface area contributed by atoms with Crippen molar-refractivity contribution in [3.63, 3.8) is 0 Å². The zero-order valence-corrected chi connectivity index (χ0v) is 29.0. The van der Waals surface area contributed by atoms with Gasteiger partial charge in [-0.05, 0) is 72.7 Å². The molecule has 242 valence electrons. The fourth-order valence-electron chi connectivity index (χ4n) is 3.56. The maximum absolute atomic E-state index is 11.6. The molecule has 2 aromatic carbocycles. The van der Waals surface area contributed by atoms with Gasteiger partial charge in [0.05, 0.1) is 30.4 Å². The maximum Gasteiger partial charge on any atom is 0.356 e. The van der Waals surface area contributed by atoms with Crippen molar-refractivity contribution in [1.29, 1.82) is 0 Å². The number of pyridine rings is 2. The van der Waals surface area contributed by atoms with Crippen LogP contribution in [0.15, 0.2) is 60.7 Å². The van der Waals surface area contributed by atoms with Gasteiger partial charge in [0.15, 0.2) is 0 Å². The molecule has 0 atom stereocenters. The predicted molar refractivity (Wildman–Crippen MR) is 190 cm³/mol. The minimum Gasteiger partial charge on any atom is -0.543 e. The first-order valence-corrected chi connectivity index (χ1v) is 20.1. The van der Waals surface area contributed by atoms with E-state index in [4.69, 9.17) is 13.6 Å². The van der Waals surface area contributed by atoms with E-state index in [9.17, 15) is 9.90 Å². The molecule has 7 nitrogen and oxygen atoms in total. The number of esters is 1. The lowest BCUT2D eigenvalue weighted by Crippen LogP contribution is -2.43. The van der Waals surface area contributed by atoms with Crippen molar-refractivity contribution in [2.24, 2.45) is 0 Å². The van der Waals surface area contributed by atoms with Gasteiger partial charge in [0.1, 0.15) is 17.2 Å². The molecule has 0 fully saturated rings. The van der Waals surface area contributed by atoms with Gasteiger partial charge in [0, 0.05) is 22.9 Å². The van der Waals surface area contributed by atoms with Gasteiger partial charge in [-0.15, -0.1) is 0 Å². The average molecular weight is 639 g/mol. The van der Waals surface area contributed by atoms with E-state index in [2.05, 4.69) is 77.7 Å². The number of rotatable bonds is 6. The number of ether oxygens (including phenoxy) is 1. The van der Waals surface area contributed by atoms with Crippen LogP contribution in [0.2, 0.25) is 36.3 Å². The van der Waals surface area contributed by atoms with Gasteiger partial charge in [-0.3, -0.25) is 4.98 Å². The summed E-state index contributed by atoms with van der Waals surface area (Å²) in [7, 11) is -2.37. The molecule has 0 spiro atoms. The molecule has 1 N–H and O–H groups in total. The van der Waals surface area contributed by atoms with Crippen LogP contribution in [0, 0.1) is 0 Å². The largest absolute Gasteiger partial charge is 0.543 e. The second kappa shape index (κ2) is 14.7. The van der Waals surface area contributed by atoms with Crippen molar-refractivity contribution in [2.75, 3.05) is 7.11 Å². The Balaban J connectivity index is 0.000000422. The van der Waals surface area contributed by atoms with Gasteiger partial charge in [-0.2, -0.15) is 0 Å². The van der Waals surface area contributed by atoms with E-state index in [1.54, 1.807) is 6.07 Å². The maximum atomic E-state index is 11.6. The van der Waals surface area contributed by atoms with Crippen molar-refractivity contribution < 1.29 is 23.5 Å². The topological polar surface area (TPSA) is 90.8 Å². The lowest BCUT2D eigenvalue weighted by Gasteiger charge is -2.36. The quantitative estimate of drug-likeness (QED) is 0.166. The van der Waals surface area contributed by atoms with E-state index in [1.165, 1.54) is 7.11 Å². The summed E-state index contributed by atoms with van der Waals surface area (Å²) in [4.78, 5) is 20.4. The molecule has 0 saturated heterocycles. The number of carbonyl (C=O) groups is 1. The van der Waals surface area contributed by atoms with E-state index in [-0.39, 0.29) is 31.5 Å². The monoisotopic (exact) mass is 638 g/mol. The SMILES string of the molecule is C.C.CC(C)(C)[Si](C)(C)Oc1ccc2ccc(CO)nc2c1.COC(=O)c1ccc2ccc(O[Si](C)(C)C(C)(C)C)cc2n1. The Hall–Kier alpha value is -3.28. The Morgan fingerprint density at radius 1 is 0.705 bits per heavy atom. The van der Waals surface area contributed by atoms with Gasteiger partial charge < -0.3 is 18.7 Å². The molecule has 2 heterocycles. The molecule has 0 radical (unpaired) electrons. The van der Waals surface area contributed by atoms with Crippen molar-refractivity contribution in [3.8, 4) is 11.5 Å². The lowest BCUT2D eigenvalue weighted by molar-refractivity contribution is 0.0594. The van der Waals surface area contributed by atoms with Crippen LogP contribution in [0.3, 0.4) is 0 Å². The Morgan fingerprint density at radius 2 is 1.11 bits per heavy atom. The highest BCUT2D eigenvalue weighted by molar-refractivity contribution is 6.75. The minimum absolute atomic E-state index is 0.